The van der Waals surface area contributed by atoms with E-state index in [2.05, 4.69) is 0 Å². The van der Waals surface area contributed by atoms with E-state index in [1.54, 1.807) is 15.9 Å². The van der Waals surface area contributed by atoms with Crippen molar-refractivity contribution >= 4 is 28.0 Å². The molecule has 1 aliphatic rings. The lowest BCUT2D eigenvalue weighted by Gasteiger charge is -2.32. The lowest BCUT2D eigenvalue weighted by molar-refractivity contribution is -0.135. The number of hydrogen-bond donors (Lipinski definition) is 0. The maximum atomic E-state index is 12.3. The van der Waals surface area contributed by atoms with Crippen LogP contribution in [0.3, 0.4) is 0 Å². The summed E-state index contributed by atoms with van der Waals surface area (Å²) in [5.74, 6) is 0.00300. The topological polar surface area (TPSA) is 78.0 Å². The minimum atomic E-state index is -3.41. The Morgan fingerprint density at radius 1 is 1.24 bits per heavy atom. The molecule has 0 unspecified atom stereocenters. The minimum Gasteiger partial charge on any atom is -0.342 e. The number of amides is 2. The quantitative estimate of drug-likeness (QED) is 0.669. The van der Waals surface area contributed by atoms with Gasteiger partial charge in [0.2, 0.25) is 22.3 Å². The lowest BCUT2D eigenvalue weighted by atomic mass is 10.2. The molecule has 0 spiro atoms. The van der Waals surface area contributed by atoms with Gasteiger partial charge in [-0.3, -0.25) is 13.9 Å². The van der Waals surface area contributed by atoms with Crippen LogP contribution in [-0.2, 0) is 19.6 Å². The second kappa shape index (κ2) is 8.33. The zero-order valence-electron chi connectivity index (χ0n) is 14.7. The molecule has 1 aromatic carbocycles. The van der Waals surface area contributed by atoms with Crippen LogP contribution in [0, 0.1) is 6.92 Å². The first-order chi connectivity index (χ1) is 11.8. The summed E-state index contributed by atoms with van der Waals surface area (Å²) in [5.41, 5.74) is 1.60. The Morgan fingerprint density at radius 3 is 2.48 bits per heavy atom. The Bertz CT molecular complexity index is 712. The van der Waals surface area contributed by atoms with Gasteiger partial charge >= 0.3 is 0 Å². The van der Waals surface area contributed by atoms with Gasteiger partial charge in [0.15, 0.2) is 0 Å². The molecule has 0 aliphatic carbocycles. The van der Waals surface area contributed by atoms with Crippen molar-refractivity contribution in [1.29, 1.82) is 0 Å². The van der Waals surface area contributed by atoms with Crippen molar-refractivity contribution in [2.75, 3.05) is 43.3 Å². The highest BCUT2D eigenvalue weighted by Gasteiger charge is 2.21. The molecule has 2 amide bonds. The summed E-state index contributed by atoms with van der Waals surface area (Å²) < 4.78 is 25.5. The third-order valence-corrected chi connectivity index (χ3v) is 5.45. The molecule has 1 heterocycles. The first kappa shape index (κ1) is 19.2. The first-order valence-electron chi connectivity index (χ1n) is 8.33. The number of piperazine rings is 1. The predicted octanol–water partition coefficient (Wildman–Crippen LogP) is 0.842. The average molecular weight is 367 g/mol. The van der Waals surface area contributed by atoms with Gasteiger partial charge < -0.3 is 9.80 Å². The summed E-state index contributed by atoms with van der Waals surface area (Å²) in [5, 5.41) is 0. The van der Waals surface area contributed by atoms with Crippen LogP contribution in [0.5, 0.6) is 0 Å². The van der Waals surface area contributed by atoms with E-state index >= 15 is 0 Å². The molecular weight excluding hydrogens is 342 g/mol. The number of benzene rings is 1. The highest BCUT2D eigenvalue weighted by molar-refractivity contribution is 7.92. The average Bonchev–Trinajstić information content (AvgIpc) is 2.57. The van der Waals surface area contributed by atoms with E-state index in [0.717, 1.165) is 12.0 Å². The smallest absolute Gasteiger partial charge is 0.232 e. The maximum absolute atomic E-state index is 12.3. The van der Waals surface area contributed by atoms with Gasteiger partial charge in [0.1, 0.15) is 0 Å². The monoisotopic (exact) mass is 367 g/mol. The number of carbonyl (C=O) groups is 2. The molecule has 0 N–H and O–H groups in total. The molecule has 8 heteroatoms. The Labute approximate surface area is 149 Å². The number of hydrogen-bond acceptors (Lipinski definition) is 4. The summed E-state index contributed by atoms with van der Waals surface area (Å²) in [4.78, 5) is 26.3. The van der Waals surface area contributed by atoms with E-state index in [1.807, 2.05) is 25.1 Å². The van der Waals surface area contributed by atoms with Crippen LogP contribution in [0.25, 0.3) is 0 Å². The molecule has 1 fully saturated rings. The predicted molar refractivity (Wildman–Crippen MR) is 96.8 cm³/mol. The van der Waals surface area contributed by atoms with Crippen molar-refractivity contribution in [3.05, 3.63) is 29.8 Å². The van der Waals surface area contributed by atoms with Crippen molar-refractivity contribution in [3.8, 4) is 0 Å². The van der Waals surface area contributed by atoms with Crippen LogP contribution in [0.1, 0.15) is 18.4 Å². The van der Waals surface area contributed by atoms with Crippen LogP contribution in [0.2, 0.25) is 0 Å². The highest BCUT2D eigenvalue weighted by atomic mass is 32.2. The van der Waals surface area contributed by atoms with E-state index < -0.39 is 10.0 Å². The number of anilines is 1. The lowest BCUT2D eigenvalue weighted by Crippen LogP contribution is -2.48. The van der Waals surface area contributed by atoms with Gasteiger partial charge in [-0.25, -0.2) is 8.42 Å². The summed E-state index contributed by atoms with van der Waals surface area (Å²) in [6.07, 6.45) is 2.72. The molecule has 0 radical (unpaired) electrons. The van der Waals surface area contributed by atoms with Crippen molar-refractivity contribution in [3.63, 3.8) is 0 Å². The van der Waals surface area contributed by atoms with Gasteiger partial charge in [0.05, 0.1) is 11.9 Å². The summed E-state index contributed by atoms with van der Waals surface area (Å²) in [6.45, 7) is 4.34. The maximum Gasteiger partial charge on any atom is 0.232 e. The van der Waals surface area contributed by atoms with Crippen LogP contribution in [0.15, 0.2) is 24.3 Å². The normalized spacial score (nSPS) is 15.1. The molecule has 0 saturated carbocycles. The molecule has 138 valence electrons. The third kappa shape index (κ3) is 5.45. The molecular formula is C17H25N3O4S. The highest BCUT2D eigenvalue weighted by Crippen LogP contribution is 2.19. The van der Waals surface area contributed by atoms with Crippen LogP contribution in [0.4, 0.5) is 5.69 Å². The van der Waals surface area contributed by atoms with E-state index in [9.17, 15) is 18.0 Å². The number of aryl methyl sites for hydroxylation is 1. The molecule has 0 bridgehead atoms. The zero-order valence-corrected chi connectivity index (χ0v) is 15.5. The van der Waals surface area contributed by atoms with Crippen LogP contribution in [-0.4, -0.2) is 69.5 Å². The van der Waals surface area contributed by atoms with Gasteiger partial charge in [-0.15, -0.1) is 0 Å². The SMILES string of the molecule is Cc1cccc(N(CCCC(=O)N2CCN(C=O)CC2)S(C)(=O)=O)c1. The fraction of sp³-hybridized carbons (Fsp3) is 0.529. The second-order valence-corrected chi connectivity index (χ2v) is 8.21. The Kier molecular flexibility index (Phi) is 6.41. The fourth-order valence-corrected chi connectivity index (χ4v) is 3.84. The molecule has 1 aromatic rings. The summed E-state index contributed by atoms with van der Waals surface area (Å²) >= 11 is 0. The minimum absolute atomic E-state index is 0.00300. The van der Waals surface area contributed by atoms with Gasteiger partial charge in [-0.05, 0) is 31.0 Å². The fourth-order valence-electron chi connectivity index (χ4n) is 2.88. The largest absolute Gasteiger partial charge is 0.342 e. The number of rotatable bonds is 7. The van der Waals surface area contributed by atoms with Gasteiger partial charge in [0, 0.05) is 39.1 Å². The van der Waals surface area contributed by atoms with Crippen molar-refractivity contribution in [2.45, 2.75) is 19.8 Å². The van der Waals surface area contributed by atoms with E-state index in [4.69, 9.17) is 0 Å². The van der Waals surface area contributed by atoms with E-state index in [1.165, 1.54) is 10.6 Å². The van der Waals surface area contributed by atoms with Crippen molar-refractivity contribution < 1.29 is 18.0 Å². The Morgan fingerprint density at radius 2 is 1.92 bits per heavy atom. The van der Waals surface area contributed by atoms with E-state index in [-0.39, 0.29) is 12.5 Å². The number of sulfonamides is 1. The molecule has 1 aliphatic heterocycles. The molecule has 0 atom stereocenters. The second-order valence-electron chi connectivity index (χ2n) is 6.30. The summed E-state index contributed by atoms with van der Waals surface area (Å²) in [7, 11) is -3.41. The van der Waals surface area contributed by atoms with Crippen LogP contribution < -0.4 is 4.31 Å². The summed E-state index contributed by atoms with van der Waals surface area (Å²) in [6, 6.07) is 7.31. The van der Waals surface area contributed by atoms with Gasteiger partial charge in [0.25, 0.3) is 0 Å². The molecule has 7 nitrogen and oxygen atoms in total. The number of carbonyl (C=O) groups excluding carboxylic acids is 2. The molecule has 2 rings (SSSR count). The van der Waals surface area contributed by atoms with Crippen molar-refractivity contribution in [2.24, 2.45) is 0 Å². The van der Waals surface area contributed by atoms with E-state index in [0.29, 0.717) is 44.7 Å². The third-order valence-electron chi connectivity index (χ3n) is 4.26. The van der Waals surface area contributed by atoms with Gasteiger partial charge in [-0.2, -0.15) is 0 Å². The molecule has 1 saturated heterocycles. The molecule has 0 aromatic heterocycles. The van der Waals surface area contributed by atoms with Crippen LogP contribution >= 0.6 is 0 Å². The van der Waals surface area contributed by atoms with Crippen molar-refractivity contribution in [1.82, 2.24) is 9.80 Å². The Hall–Kier alpha value is -2.09. The number of nitrogens with zero attached hydrogens (tertiary/aromatic N) is 3. The molecule has 25 heavy (non-hydrogen) atoms. The van der Waals surface area contributed by atoms with Gasteiger partial charge in [-0.1, -0.05) is 12.1 Å². The standard InChI is InChI=1S/C17H25N3O4S/c1-15-5-3-6-16(13-15)20(25(2,23)24)8-4-7-17(22)19-11-9-18(14-21)10-12-19/h3,5-6,13-14H,4,7-12H2,1-2H3. The Balaban J connectivity index is 1.91. The first-order valence-corrected chi connectivity index (χ1v) is 10.2. The zero-order chi connectivity index (χ0) is 18.4.